The molecule has 1 aliphatic heterocycles. The highest BCUT2D eigenvalue weighted by atomic mass is 32.1. The molecule has 0 saturated carbocycles. The molecule has 1 aliphatic rings. The number of rotatable bonds is 5. The van der Waals surface area contributed by atoms with Crippen molar-refractivity contribution in [3.8, 4) is 0 Å². The molecule has 0 bridgehead atoms. The molecule has 0 aliphatic carbocycles. The van der Waals surface area contributed by atoms with Gasteiger partial charge in [0.1, 0.15) is 0 Å². The summed E-state index contributed by atoms with van der Waals surface area (Å²) in [6.45, 7) is 5.14. The quantitative estimate of drug-likeness (QED) is 0.869. The highest BCUT2D eigenvalue weighted by Gasteiger charge is 2.34. The van der Waals surface area contributed by atoms with Gasteiger partial charge in [-0.2, -0.15) is 0 Å². The first kappa shape index (κ1) is 15.5. The van der Waals surface area contributed by atoms with Crippen LogP contribution >= 0.6 is 11.3 Å². The van der Waals surface area contributed by atoms with Gasteiger partial charge in [0, 0.05) is 24.9 Å². The predicted molar refractivity (Wildman–Crippen MR) is 79.4 cm³/mol. The van der Waals surface area contributed by atoms with Crippen LogP contribution in [0.5, 0.6) is 0 Å². The maximum atomic E-state index is 12.1. The van der Waals surface area contributed by atoms with E-state index in [1.165, 1.54) is 22.8 Å². The number of nitrogens with zero attached hydrogens (tertiary/aromatic N) is 1. The van der Waals surface area contributed by atoms with Crippen LogP contribution in [-0.4, -0.2) is 40.9 Å². The Morgan fingerprint density at radius 2 is 2.24 bits per heavy atom. The van der Waals surface area contributed by atoms with Crippen LogP contribution in [0.25, 0.3) is 0 Å². The summed E-state index contributed by atoms with van der Waals surface area (Å²) in [7, 11) is 0. The number of aromatic carboxylic acids is 1. The van der Waals surface area contributed by atoms with Crippen molar-refractivity contribution in [2.75, 3.05) is 18.4 Å². The molecule has 0 aromatic carbocycles. The molecule has 0 radical (unpaired) electrons. The Morgan fingerprint density at radius 1 is 1.52 bits per heavy atom. The van der Waals surface area contributed by atoms with Crippen LogP contribution in [0.1, 0.15) is 30.6 Å². The molecule has 1 fully saturated rings. The van der Waals surface area contributed by atoms with E-state index in [-0.39, 0.29) is 29.7 Å². The second-order valence-electron chi connectivity index (χ2n) is 5.59. The van der Waals surface area contributed by atoms with Crippen molar-refractivity contribution in [1.82, 2.24) is 4.90 Å². The van der Waals surface area contributed by atoms with Crippen LogP contribution in [0.2, 0.25) is 0 Å². The first-order valence-corrected chi connectivity index (χ1v) is 7.65. The average molecular weight is 310 g/mol. The van der Waals surface area contributed by atoms with Gasteiger partial charge in [-0.05, 0) is 12.0 Å². The molecular formula is C14H18N2O4S. The number of anilines is 1. The third-order valence-electron chi connectivity index (χ3n) is 3.26. The van der Waals surface area contributed by atoms with Crippen LogP contribution in [-0.2, 0) is 9.59 Å². The van der Waals surface area contributed by atoms with Gasteiger partial charge < -0.3 is 15.3 Å². The summed E-state index contributed by atoms with van der Waals surface area (Å²) >= 11 is 1.17. The van der Waals surface area contributed by atoms with Crippen LogP contribution < -0.4 is 5.32 Å². The van der Waals surface area contributed by atoms with Gasteiger partial charge in [0.25, 0.3) is 0 Å². The molecule has 6 nitrogen and oxygen atoms in total. The Kier molecular flexibility index (Phi) is 4.62. The number of likely N-dealkylation sites (tertiary alicyclic amines) is 1. The number of carboxylic acids is 1. The fraction of sp³-hybridized carbons (Fsp3) is 0.500. The molecule has 2 heterocycles. The summed E-state index contributed by atoms with van der Waals surface area (Å²) < 4.78 is 0. The Labute approximate surface area is 126 Å². The Balaban J connectivity index is 1.94. The summed E-state index contributed by atoms with van der Waals surface area (Å²) in [4.78, 5) is 36.5. The number of carbonyl (C=O) groups is 3. The molecule has 2 amide bonds. The van der Waals surface area contributed by atoms with Gasteiger partial charge in [0.15, 0.2) is 0 Å². The molecule has 1 aromatic rings. The molecule has 1 aromatic heterocycles. The molecule has 1 saturated heterocycles. The molecule has 2 rings (SSSR count). The number of thiophene rings is 1. The minimum atomic E-state index is -1.02. The van der Waals surface area contributed by atoms with Gasteiger partial charge in [0.05, 0.1) is 16.5 Å². The van der Waals surface area contributed by atoms with E-state index in [0.717, 1.165) is 0 Å². The van der Waals surface area contributed by atoms with Crippen molar-refractivity contribution < 1.29 is 19.5 Å². The molecule has 0 spiro atoms. The smallest absolute Gasteiger partial charge is 0.336 e. The fourth-order valence-electron chi connectivity index (χ4n) is 2.30. The standard InChI is InChI=1S/C14H18N2O4S/c1-8(2)5-16-6-9(4-12(16)17)13(18)15-11-3-10(7-21-11)14(19)20/h3,7-9H,4-6H2,1-2H3,(H,15,18)(H,19,20). The lowest BCUT2D eigenvalue weighted by molar-refractivity contribution is -0.128. The van der Waals surface area contributed by atoms with E-state index in [1.54, 1.807) is 4.90 Å². The van der Waals surface area contributed by atoms with Crippen LogP contribution in [0.3, 0.4) is 0 Å². The second kappa shape index (κ2) is 6.26. The molecule has 2 N–H and O–H groups in total. The number of hydrogen-bond donors (Lipinski definition) is 2. The van der Waals surface area contributed by atoms with Gasteiger partial charge in [-0.25, -0.2) is 4.79 Å². The van der Waals surface area contributed by atoms with Crippen molar-refractivity contribution in [2.24, 2.45) is 11.8 Å². The lowest BCUT2D eigenvalue weighted by atomic mass is 10.1. The second-order valence-corrected chi connectivity index (χ2v) is 6.50. The van der Waals surface area contributed by atoms with E-state index in [1.807, 2.05) is 13.8 Å². The maximum absolute atomic E-state index is 12.1. The summed E-state index contributed by atoms with van der Waals surface area (Å²) in [6.07, 6.45) is 0.218. The predicted octanol–water partition coefficient (Wildman–Crippen LogP) is 1.89. The summed E-state index contributed by atoms with van der Waals surface area (Å²) in [5, 5.41) is 13.5. The van der Waals surface area contributed by atoms with Crippen LogP contribution in [0.4, 0.5) is 5.00 Å². The average Bonchev–Trinajstić information content (AvgIpc) is 2.97. The van der Waals surface area contributed by atoms with E-state index in [9.17, 15) is 14.4 Å². The minimum Gasteiger partial charge on any atom is -0.478 e. The van der Waals surface area contributed by atoms with Gasteiger partial charge in [-0.3, -0.25) is 9.59 Å². The number of hydrogen-bond acceptors (Lipinski definition) is 4. The molecule has 1 unspecified atom stereocenters. The normalized spacial score (nSPS) is 18.3. The van der Waals surface area contributed by atoms with Crippen molar-refractivity contribution >= 4 is 34.1 Å². The zero-order valence-corrected chi connectivity index (χ0v) is 12.8. The summed E-state index contributed by atoms with van der Waals surface area (Å²) in [5.41, 5.74) is 0.152. The molecule has 1 atom stereocenters. The third kappa shape index (κ3) is 3.81. The Bertz CT molecular complexity index is 567. The number of nitrogens with one attached hydrogen (secondary N) is 1. The number of amides is 2. The largest absolute Gasteiger partial charge is 0.478 e. The van der Waals surface area contributed by atoms with Crippen molar-refractivity contribution in [2.45, 2.75) is 20.3 Å². The Morgan fingerprint density at radius 3 is 2.81 bits per heavy atom. The van der Waals surface area contributed by atoms with Gasteiger partial charge in [-0.1, -0.05) is 13.8 Å². The number of carbonyl (C=O) groups excluding carboxylic acids is 2. The minimum absolute atomic E-state index is 0.00116. The van der Waals surface area contributed by atoms with E-state index in [0.29, 0.717) is 24.0 Å². The molecular weight excluding hydrogens is 292 g/mol. The van der Waals surface area contributed by atoms with Crippen molar-refractivity contribution in [1.29, 1.82) is 0 Å². The number of carboxylic acid groups (broad SMARTS) is 1. The lowest BCUT2D eigenvalue weighted by Gasteiger charge is -2.18. The zero-order valence-electron chi connectivity index (χ0n) is 12.0. The first-order chi connectivity index (χ1) is 9.86. The van der Waals surface area contributed by atoms with E-state index >= 15 is 0 Å². The van der Waals surface area contributed by atoms with Gasteiger partial charge >= 0.3 is 5.97 Å². The van der Waals surface area contributed by atoms with Crippen LogP contribution in [0, 0.1) is 11.8 Å². The molecule has 114 valence electrons. The fourth-order valence-corrected chi connectivity index (χ4v) is 3.08. The first-order valence-electron chi connectivity index (χ1n) is 6.77. The monoisotopic (exact) mass is 310 g/mol. The summed E-state index contributed by atoms with van der Waals surface area (Å²) in [5.74, 6) is -1.25. The highest BCUT2D eigenvalue weighted by molar-refractivity contribution is 7.14. The van der Waals surface area contributed by atoms with E-state index < -0.39 is 5.97 Å². The van der Waals surface area contributed by atoms with Crippen molar-refractivity contribution in [3.05, 3.63) is 17.0 Å². The third-order valence-corrected chi connectivity index (χ3v) is 4.11. The lowest BCUT2D eigenvalue weighted by Crippen LogP contribution is -2.31. The topological polar surface area (TPSA) is 86.7 Å². The van der Waals surface area contributed by atoms with E-state index in [2.05, 4.69) is 5.32 Å². The van der Waals surface area contributed by atoms with Crippen LogP contribution in [0.15, 0.2) is 11.4 Å². The highest BCUT2D eigenvalue weighted by Crippen LogP contribution is 2.24. The Hall–Kier alpha value is -1.89. The molecule has 21 heavy (non-hydrogen) atoms. The summed E-state index contributed by atoms with van der Waals surface area (Å²) in [6, 6.07) is 1.42. The van der Waals surface area contributed by atoms with E-state index in [4.69, 9.17) is 5.11 Å². The van der Waals surface area contributed by atoms with Gasteiger partial charge in [0.2, 0.25) is 11.8 Å². The SMILES string of the molecule is CC(C)CN1CC(C(=O)Nc2cc(C(=O)O)cs2)CC1=O. The van der Waals surface area contributed by atoms with Gasteiger partial charge in [-0.15, -0.1) is 11.3 Å². The zero-order chi connectivity index (χ0) is 15.6. The molecule has 7 heteroatoms. The maximum Gasteiger partial charge on any atom is 0.336 e. The van der Waals surface area contributed by atoms with Crippen molar-refractivity contribution in [3.63, 3.8) is 0 Å².